The maximum absolute atomic E-state index is 9.38. The van der Waals surface area contributed by atoms with E-state index in [2.05, 4.69) is 4.21 Å². The fraction of sp³-hybridized carbons (Fsp3) is 0. The second-order valence-corrected chi connectivity index (χ2v) is 3.21. The van der Waals surface area contributed by atoms with Crippen molar-refractivity contribution < 1.29 is 45.1 Å². The van der Waals surface area contributed by atoms with Gasteiger partial charge >= 0.3 is 17.3 Å². The molecule has 0 aliphatic carbocycles. The van der Waals surface area contributed by atoms with Crippen LogP contribution in [0, 0.1) is 0 Å². The minimum atomic E-state index is -4.82. The Morgan fingerprint density at radius 1 is 1.44 bits per heavy atom. The summed E-state index contributed by atoms with van der Waals surface area (Å²) in [4.78, 5) is 32.9. The molecule has 1 atom stereocenters. The van der Waals surface area contributed by atoms with Crippen molar-refractivity contribution in [2.24, 2.45) is 0 Å². The third-order valence-corrected chi connectivity index (χ3v) is 1.77. The van der Waals surface area contributed by atoms with Crippen LogP contribution in [0.3, 0.4) is 0 Å². The Bertz CT molecular complexity index is 95.7. The minimum Gasteiger partial charge on any atom is -0.567 e. The molecule has 9 heteroatoms. The quantitative estimate of drug-likeness (QED) is 0.349. The van der Waals surface area contributed by atoms with E-state index in [1.165, 1.54) is 0 Å². The van der Waals surface area contributed by atoms with Gasteiger partial charge in [0.05, 0.1) is 0 Å². The van der Waals surface area contributed by atoms with Gasteiger partial charge in [0, 0.05) is 17.1 Å². The van der Waals surface area contributed by atoms with E-state index in [0.717, 1.165) is 0 Å². The average molecular weight is 222 g/mol. The van der Waals surface area contributed by atoms with E-state index in [1.54, 1.807) is 0 Å². The molecule has 0 bridgehead atoms. The van der Waals surface area contributed by atoms with Crippen LogP contribution in [0.5, 0.6) is 0 Å². The van der Waals surface area contributed by atoms with E-state index in [9.17, 15) is 9.46 Å². The molecule has 0 rings (SSSR count). The van der Waals surface area contributed by atoms with Gasteiger partial charge in [-0.05, 0) is 4.57 Å². The van der Waals surface area contributed by atoms with E-state index in [4.69, 9.17) is 14.4 Å². The molecule has 0 aromatic heterocycles. The van der Waals surface area contributed by atoms with Crippen LogP contribution in [0.15, 0.2) is 0 Å². The Morgan fingerprint density at radius 3 is 1.78 bits per heavy atom. The van der Waals surface area contributed by atoms with E-state index in [0.29, 0.717) is 0 Å². The van der Waals surface area contributed by atoms with Gasteiger partial charge in [-0.1, -0.05) is 0 Å². The fourth-order valence-electron chi connectivity index (χ4n) is 0.100. The van der Waals surface area contributed by atoms with Gasteiger partial charge in [0.25, 0.3) is 0 Å². The van der Waals surface area contributed by atoms with Crippen LogP contribution in [0.4, 0.5) is 0 Å². The summed E-state index contributed by atoms with van der Waals surface area (Å²) in [5.74, 6) is 0. The Balaban J connectivity index is 0. The molecule has 0 heterocycles. The Kier molecular flexibility index (Phi) is 6.10. The topological polar surface area (TPSA) is 110 Å². The second kappa shape index (κ2) is 4.45. The van der Waals surface area contributed by atoms with E-state index in [-0.39, 0.29) is 17.1 Å². The summed E-state index contributed by atoms with van der Waals surface area (Å²) in [6, 6.07) is 0. The molecule has 0 saturated heterocycles. The SMILES string of the molecule is O=[P+]([O-])O[Si](O)(O)O.[Cu]. The number of rotatable bonds is 2. The van der Waals surface area contributed by atoms with Gasteiger partial charge < -0.3 is 19.3 Å². The maximum atomic E-state index is 9.38. The second-order valence-electron chi connectivity index (χ2n) is 0.889. The van der Waals surface area contributed by atoms with Crippen molar-refractivity contribution in [2.45, 2.75) is 0 Å². The molecule has 6 nitrogen and oxygen atoms in total. The largest absolute Gasteiger partial charge is 0.717 e. The molecule has 0 fully saturated rings. The molecule has 59 valence electrons. The molecule has 1 unspecified atom stereocenters. The molecule has 3 N–H and O–H groups in total. The monoisotopic (exact) mass is 221 g/mol. The zero-order valence-electron chi connectivity index (χ0n) is 3.82. The molecule has 0 spiro atoms. The van der Waals surface area contributed by atoms with Crippen LogP contribution in [-0.2, 0) is 25.8 Å². The van der Waals surface area contributed by atoms with Gasteiger partial charge in [-0.25, -0.2) is 0 Å². The fourth-order valence-corrected chi connectivity index (χ4v) is 0.900. The summed E-state index contributed by atoms with van der Waals surface area (Å²) in [5.41, 5.74) is 0. The predicted molar refractivity (Wildman–Crippen MR) is 21.1 cm³/mol. The third-order valence-electron chi connectivity index (χ3n) is 0.197. The number of hydrogen-bond acceptors (Lipinski definition) is 6. The minimum absolute atomic E-state index is 0. The molecule has 0 saturated carbocycles. The first-order valence-electron chi connectivity index (χ1n) is 1.42. The van der Waals surface area contributed by atoms with Gasteiger partial charge in [-0.15, -0.1) is 4.21 Å². The van der Waals surface area contributed by atoms with Gasteiger partial charge in [0.15, 0.2) is 0 Å². The molecular weight excluding hydrogens is 219 g/mol. The van der Waals surface area contributed by atoms with Crippen LogP contribution in [-0.4, -0.2) is 23.4 Å². The van der Waals surface area contributed by atoms with Crippen molar-refractivity contribution in [3.05, 3.63) is 0 Å². The van der Waals surface area contributed by atoms with Gasteiger partial charge in [-0.2, -0.15) is 0 Å². The van der Waals surface area contributed by atoms with Crippen molar-refractivity contribution in [1.29, 1.82) is 0 Å². The van der Waals surface area contributed by atoms with Crippen LogP contribution >= 0.6 is 8.25 Å². The molecule has 0 aliphatic rings. The van der Waals surface area contributed by atoms with Gasteiger partial charge in [-0.3, -0.25) is 0 Å². The summed E-state index contributed by atoms with van der Waals surface area (Å²) >= 11 is 0. The maximum Gasteiger partial charge on any atom is 0.717 e. The zero-order chi connectivity index (χ0) is 6.78. The summed E-state index contributed by atoms with van der Waals surface area (Å²) < 4.78 is 12.6. The Labute approximate surface area is 63.0 Å². The average Bonchev–Trinajstić information content (AvgIpc) is 1.21. The van der Waals surface area contributed by atoms with Crippen molar-refractivity contribution in [3.63, 3.8) is 0 Å². The normalized spacial score (nSPS) is 12.2. The molecular formula is H3CuO6PSi. The van der Waals surface area contributed by atoms with E-state index >= 15 is 0 Å². The standard InChI is InChI=1S/Cu.H3O6PSi/c;1-7(2)6-8(3,4)5/h;3-5H. The van der Waals surface area contributed by atoms with Crippen LogP contribution < -0.4 is 4.89 Å². The van der Waals surface area contributed by atoms with Crippen molar-refractivity contribution in [2.75, 3.05) is 0 Å². The summed E-state index contributed by atoms with van der Waals surface area (Å²) in [6.07, 6.45) is 0. The first kappa shape index (κ1) is 12.3. The summed E-state index contributed by atoms with van der Waals surface area (Å²) in [6.45, 7) is 0. The predicted octanol–water partition coefficient (Wildman–Crippen LogP) is -2.57. The molecule has 0 amide bonds. The molecule has 9 heavy (non-hydrogen) atoms. The van der Waals surface area contributed by atoms with Gasteiger partial charge in [0.1, 0.15) is 0 Å². The first-order chi connectivity index (χ1) is 3.42. The van der Waals surface area contributed by atoms with Crippen LogP contribution in [0.25, 0.3) is 0 Å². The van der Waals surface area contributed by atoms with Crippen LogP contribution in [0.1, 0.15) is 0 Å². The van der Waals surface area contributed by atoms with E-state index < -0.39 is 17.3 Å². The molecule has 1 radical (unpaired) electrons. The zero-order valence-corrected chi connectivity index (χ0v) is 6.65. The molecule has 0 aromatic rings. The Morgan fingerprint density at radius 2 is 1.78 bits per heavy atom. The smallest absolute Gasteiger partial charge is 0.567 e. The molecule has 0 aromatic carbocycles. The van der Waals surface area contributed by atoms with Crippen LogP contribution in [0.2, 0.25) is 0 Å². The first-order valence-corrected chi connectivity index (χ1v) is 4.27. The van der Waals surface area contributed by atoms with Crippen molar-refractivity contribution >= 4 is 17.3 Å². The third kappa shape index (κ3) is 12.0. The number of hydrogen-bond donors (Lipinski definition) is 3. The molecule has 0 aliphatic heterocycles. The van der Waals surface area contributed by atoms with Gasteiger partial charge in [0.2, 0.25) is 0 Å². The van der Waals surface area contributed by atoms with Crippen molar-refractivity contribution in [3.8, 4) is 0 Å². The van der Waals surface area contributed by atoms with Crippen molar-refractivity contribution in [1.82, 2.24) is 0 Å². The summed E-state index contributed by atoms with van der Waals surface area (Å²) in [7, 11) is -8.19. The Hall–Kier alpha value is 0.636. The summed E-state index contributed by atoms with van der Waals surface area (Å²) in [5, 5.41) is 0. The van der Waals surface area contributed by atoms with E-state index in [1.807, 2.05) is 0 Å².